The van der Waals surface area contributed by atoms with Crippen molar-refractivity contribution in [1.29, 1.82) is 0 Å². The zero-order chi connectivity index (χ0) is 22.5. The maximum absolute atomic E-state index is 13.2. The summed E-state index contributed by atoms with van der Waals surface area (Å²) in [6.45, 7) is 4.50. The van der Waals surface area contributed by atoms with E-state index in [0.29, 0.717) is 12.1 Å². The highest BCUT2D eigenvalue weighted by Gasteiger charge is 2.54. The van der Waals surface area contributed by atoms with E-state index in [-0.39, 0.29) is 17.2 Å². The van der Waals surface area contributed by atoms with Crippen molar-refractivity contribution in [3.63, 3.8) is 0 Å². The lowest BCUT2D eigenvalue weighted by molar-refractivity contribution is -0.146. The molecule has 4 aliphatic carbocycles. The molecule has 0 atom stereocenters. The first-order valence-electron chi connectivity index (χ1n) is 11.8. The largest absolute Gasteiger partial charge is 0.352 e. The smallest absolute Gasteiger partial charge is 0.255 e. The Kier molecular flexibility index (Phi) is 5.65. The van der Waals surface area contributed by atoms with Crippen LogP contribution in [0, 0.1) is 37.0 Å². The Balaban J connectivity index is 1.20. The molecule has 4 saturated carbocycles. The first kappa shape index (κ1) is 21.7. The fourth-order valence-corrected chi connectivity index (χ4v) is 7.51. The Morgan fingerprint density at radius 1 is 0.938 bits per heavy atom. The van der Waals surface area contributed by atoms with Crippen molar-refractivity contribution < 1.29 is 9.59 Å². The third-order valence-electron chi connectivity index (χ3n) is 7.93. The van der Waals surface area contributed by atoms with E-state index in [0.717, 1.165) is 63.9 Å². The molecule has 32 heavy (non-hydrogen) atoms. The monoisotopic (exact) mass is 494 g/mol. The van der Waals surface area contributed by atoms with Crippen LogP contribution in [0.3, 0.4) is 0 Å². The Morgan fingerprint density at radius 2 is 1.47 bits per heavy atom. The van der Waals surface area contributed by atoms with E-state index in [9.17, 15) is 9.59 Å². The molecule has 4 aliphatic rings. The molecule has 0 saturated heterocycles. The van der Waals surface area contributed by atoms with E-state index in [1.54, 1.807) is 0 Å². The van der Waals surface area contributed by atoms with Crippen LogP contribution in [0.1, 0.15) is 65.6 Å². The van der Waals surface area contributed by atoms with Crippen molar-refractivity contribution in [2.24, 2.45) is 23.2 Å². The summed E-state index contributed by atoms with van der Waals surface area (Å²) in [6.07, 6.45) is 7.27. The van der Waals surface area contributed by atoms with Gasteiger partial charge in [-0.25, -0.2) is 0 Å². The molecule has 0 heterocycles. The van der Waals surface area contributed by atoms with Gasteiger partial charge < -0.3 is 10.6 Å². The van der Waals surface area contributed by atoms with Gasteiger partial charge in [0.25, 0.3) is 5.91 Å². The number of hydrogen-bond donors (Lipinski definition) is 2. The van der Waals surface area contributed by atoms with Crippen molar-refractivity contribution in [3.05, 3.63) is 63.1 Å². The van der Waals surface area contributed by atoms with Crippen molar-refractivity contribution in [2.45, 2.75) is 58.9 Å². The number of nitrogens with one attached hydrogen (secondary N) is 2. The first-order chi connectivity index (χ1) is 15.3. The number of carbonyl (C=O) groups is 2. The van der Waals surface area contributed by atoms with E-state index in [1.165, 1.54) is 19.3 Å². The summed E-state index contributed by atoms with van der Waals surface area (Å²) in [5.74, 6) is 2.43. The second kappa shape index (κ2) is 8.33. The van der Waals surface area contributed by atoms with E-state index in [1.807, 2.05) is 50.2 Å². The molecule has 4 fully saturated rings. The molecule has 168 valence electrons. The molecule has 4 nitrogen and oxygen atoms in total. The molecule has 0 aromatic heterocycles. The van der Waals surface area contributed by atoms with E-state index < -0.39 is 0 Å². The van der Waals surface area contributed by atoms with Crippen LogP contribution in [0.15, 0.2) is 40.9 Å². The summed E-state index contributed by atoms with van der Waals surface area (Å²) >= 11 is 3.49. The summed E-state index contributed by atoms with van der Waals surface area (Å²) in [6, 6.07) is 11.6. The highest BCUT2D eigenvalue weighted by molar-refractivity contribution is 9.10. The highest BCUT2D eigenvalue weighted by atomic mass is 79.9. The predicted octanol–water partition coefficient (Wildman–Crippen LogP) is 6.15. The number of carbonyl (C=O) groups excluding carboxylic acids is 2. The van der Waals surface area contributed by atoms with Crippen molar-refractivity contribution >= 4 is 33.4 Å². The zero-order valence-electron chi connectivity index (χ0n) is 18.8. The lowest BCUT2D eigenvalue weighted by atomic mass is 9.49. The Bertz CT molecular complexity index is 1000. The lowest BCUT2D eigenvalue weighted by Gasteiger charge is -2.55. The minimum Gasteiger partial charge on any atom is -0.352 e. The van der Waals surface area contributed by atoms with Gasteiger partial charge in [-0.3, -0.25) is 9.59 Å². The molecule has 0 spiro atoms. The average molecular weight is 495 g/mol. The summed E-state index contributed by atoms with van der Waals surface area (Å²) in [5.41, 5.74) is 4.42. The highest BCUT2D eigenvalue weighted by Crippen LogP contribution is 2.60. The third-order valence-corrected chi connectivity index (χ3v) is 8.38. The number of hydrogen-bond acceptors (Lipinski definition) is 2. The molecule has 2 N–H and O–H groups in total. The Morgan fingerprint density at radius 3 is 2.00 bits per heavy atom. The number of rotatable bonds is 5. The van der Waals surface area contributed by atoms with Crippen LogP contribution in [0.5, 0.6) is 0 Å². The maximum Gasteiger partial charge on any atom is 0.255 e. The average Bonchev–Trinajstić information content (AvgIpc) is 2.73. The molecule has 6 rings (SSSR count). The zero-order valence-corrected chi connectivity index (χ0v) is 20.4. The second-order valence-electron chi connectivity index (χ2n) is 10.4. The van der Waals surface area contributed by atoms with Gasteiger partial charge in [0, 0.05) is 27.7 Å². The van der Waals surface area contributed by atoms with Gasteiger partial charge >= 0.3 is 0 Å². The van der Waals surface area contributed by atoms with E-state index in [4.69, 9.17) is 0 Å². The molecule has 2 amide bonds. The fourth-order valence-electron chi connectivity index (χ4n) is 6.83. The molecular weight excluding hydrogens is 464 g/mol. The first-order valence-corrected chi connectivity index (χ1v) is 12.6. The summed E-state index contributed by atoms with van der Waals surface area (Å²) in [4.78, 5) is 25.9. The third kappa shape index (κ3) is 4.12. The number of amides is 2. The standard InChI is InChI=1S/C27H31BrN2O2/c1-16-7-23(28)8-17(2)24(16)30-25(31)22-5-3-18(4-6-22)15-29-26(32)27-12-19-9-20(13-27)11-21(10-19)14-27/h3-8,19-21H,9-15H2,1-2H3,(H,29,32)(H,30,31). The molecule has 2 aromatic carbocycles. The topological polar surface area (TPSA) is 58.2 Å². The van der Waals surface area contributed by atoms with E-state index >= 15 is 0 Å². The van der Waals surface area contributed by atoms with Crippen molar-refractivity contribution in [2.75, 3.05) is 5.32 Å². The summed E-state index contributed by atoms with van der Waals surface area (Å²) in [7, 11) is 0. The molecule has 2 aromatic rings. The molecule has 0 unspecified atom stereocenters. The number of anilines is 1. The van der Waals surface area contributed by atoms with Gasteiger partial charge in [-0.05, 0) is 111 Å². The molecule has 5 heteroatoms. The Labute approximate surface area is 198 Å². The summed E-state index contributed by atoms with van der Waals surface area (Å²) in [5, 5.41) is 6.26. The normalized spacial score (nSPS) is 27.9. The van der Waals surface area contributed by atoms with Crippen LogP contribution >= 0.6 is 15.9 Å². The van der Waals surface area contributed by atoms with Crippen molar-refractivity contribution in [3.8, 4) is 0 Å². The maximum atomic E-state index is 13.2. The molecular formula is C27H31BrN2O2. The van der Waals surface area contributed by atoms with Gasteiger partial charge in [-0.15, -0.1) is 0 Å². The van der Waals surface area contributed by atoms with Gasteiger partial charge in [0.15, 0.2) is 0 Å². The van der Waals surface area contributed by atoms with Crippen LogP contribution in [-0.2, 0) is 11.3 Å². The minimum atomic E-state index is -0.123. The predicted molar refractivity (Wildman–Crippen MR) is 130 cm³/mol. The van der Waals surface area contributed by atoms with Crippen LogP contribution in [0.2, 0.25) is 0 Å². The van der Waals surface area contributed by atoms with Crippen LogP contribution in [0.4, 0.5) is 5.69 Å². The van der Waals surface area contributed by atoms with Gasteiger partial charge in [-0.1, -0.05) is 28.1 Å². The lowest BCUT2D eigenvalue weighted by Crippen LogP contribution is -2.53. The van der Waals surface area contributed by atoms with Crippen LogP contribution in [0.25, 0.3) is 0 Å². The quantitative estimate of drug-likeness (QED) is 0.523. The van der Waals surface area contributed by atoms with Crippen molar-refractivity contribution in [1.82, 2.24) is 5.32 Å². The molecule has 0 radical (unpaired) electrons. The number of halogens is 1. The van der Waals surface area contributed by atoms with E-state index in [2.05, 4.69) is 26.6 Å². The summed E-state index contributed by atoms with van der Waals surface area (Å²) < 4.78 is 1.01. The SMILES string of the molecule is Cc1cc(Br)cc(C)c1NC(=O)c1ccc(CNC(=O)C23CC4CC(CC(C4)C2)C3)cc1. The molecule has 0 aliphatic heterocycles. The van der Waals surface area contributed by atoms with Crippen LogP contribution in [-0.4, -0.2) is 11.8 Å². The van der Waals surface area contributed by atoms with Gasteiger partial charge in [0.05, 0.1) is 0 Å². The van der Waals surface area contributed by atoms with Gasteiger partial charge in [0.2, 0.25) is 5.91 Å². The van der Waals surface area contributed by atoms with Gasteiger partial charge in [0.1, 0.15) is 0 Å². The fraction of sp³-hybridized carbons (Fsp3) is 0.481. The molecule has 4 bridgehead atoms. The second-order valence-corrected chi connectivity index (χ2v) is 11.4. The Hall–Kier alpha value is -2.14. The number of benzene rings is 2. The number of aryl methyl sites for hydroxylation is 2. The van der Waals surface area contributed by atoms with Crippen LogP contribution < -0.4 is 10.6 Å². The van der Waals surface area contributed by atoms with Gasteiger partial charge in [-0.2, -0.15) is 0 Å². The minimum absolute atomic E-state index is 0.116.